The summed E-state index contributed by atoms with van der Waals surface area (Å²) >= 11 is 4.83. The number of thiophene rings is 1. The molecule has 1 aromatic rings. The quantitative estimate of drug-likeness (QED) is 0.242. The number of rotatable bonds is 11. The predicted molar refractivity (Wildman–Crippen MR) is 90.5 cm³/mol. The van der Waals surface area contributed by atoms with Crippen molar-refractivity contribution in [3.63, 3.8) is 0 Å². The molecule has 0 N–H and O–H groups in total. The molecule has 0 bridgehead atoms. The zero-order valence-electron chi connectivity index (χ0n) is 12.5. The van der Waals surface area contributed by atoms with E-state index in [1.807, 2.05) is 12.1 Å². The van der Waals surface area contributed by atoms with Crippen LogP contribution >= 0.6 is 27.3 Å². The predicted octanol–water partition coefficient (Wildman–Crippen LogP) is 4.77. The second-order valence-electron chi connectivity index (χ2n) is 5.00. The molecule has 3 nitrogen and oxygen atoms in total. The smallest absolute Gasteiger partial charge is 0.310 e. The van der Waals surface area contributed by atoms with E-state index in [-0.39, 0.29) is 18.2 Å². The zero-order valence-corrected chi connectivity index (χ0v) is 14.9. The first-order valence-electron chi connectivity index (χ1n) is 7.42. The summed E-state index contributed by atoms with van der Waals surface area (Å²) in [5.41, 5.74) is 0. The topological polar surface area (TPSA) is 43.4 Å². The highest BCUT2D eigenvalue weighted by Gasteiger charge is 2.11. The minimum atomic E-state index is -0.265. The largest absolute Gasteiger partial charge is 0.469 e. The normalized spacial score (nSPS) is 10.6. The van der Waals surface area contributed by atoms with Gasteiger partial charge in [-0.25, -0.2) is 0 Å². The monoisotopic (exact) mass is 374 g/mol. The highest BCUT2D eigenvalue weighted by Crippen LogP contribution is 2.20. The maximum absolute atomic E-state index is 12.0. The summed E-state index contributed by atoms with van der Waals surface area (Å²) in [6.45, 7) is 0. The van der Waals surface area contributed by atoms with E-state index in [9.17, 15) is 9.59 Å². The van der Waals surface area contributed by atoms with Gasteiger partial charge in [0.05, 0.1) is 18.4 Å². The number of ether oxygens (including phenoxy) is 1. The van der Waals surface area contributed by atoms with Crippen LogP contribution in [-0.4, -0.2) is 24.2 Å². The molecule has 1 rings (SSSR count). The number of unbranched alkanes of at least 4 members (excludes halogenated alkanes) is 5. The highest BCUT2D eigenvalue weighted by atomic mass is 79.9. The fourth-order valence-electron chi connectivity index (χ4n) is 2.05. The molecule has 0 aliphatic carbocycles. The van der Waals surface area contributed by atoms with Crippen LogP contribution in [0.4, 0.5) is 0 Å². The van der Waals surface area contributed by atoms with Crippen molar-refractivity contribution in [1.82, 2.24) is 0 Å². The van der Waals surface area contributed by atoms with Crippen LogP contribution in [0.3, 0.4) is 0 Å². The Kier molecular flexibility index (Phi) is 9.59. The number of Topliss-reactive ketones (excluding diaryl/α,β-unsaturated/α-hetero) is 1. The van der Waals surface area contributed by atoms with E-state index in [4.69, 9.17) is 0 Å². The summed E-state index contributed by atoms with van der Waals surface area (Å²) in [6, 6.07) is 3.66. The lowest BCUT2D eigenvalue weighted by atomic mass is 10.1. The molecule has 0 saturated carbocycles. The van der Waals surface area contributed by atoms with Gasteiger partial charge >= 0.3 is 5.97 Å². The summed E-state index contributed by atoms with van der Waals surface area (Å²) in [5, 5.41) is 1.08. The third-order valence-electron chi connectivity index (χ3n) is 3.27. The minimum Gasteiger partial charge on any atom is -0.469 e. The molecular formula is C16H23BrO3S. The van der Waals surface area contributed by atoms with Crippen molar-refractivity contribution in [2.45, 2.75) is 51.4 Å². The lowest BCUT2D eigenvalue weighted by Gasteiger charge is -2.00. The van der Waals surface area contributed by atoms with Gasteiger partial charge in [0.15, 0.2) is 5.78 Å². The molecule has 0 atom stereocenters. The number of methoxy groups -OCH3 is 1. The van der Waals surface area contributed by atoms with E-state index in [2.05, 4.69) is 20.7 Å². The number of carbonyl (C=O) groups excluding carboxylic acids is 2. The first kappa shape index (κ1) is 18.4. The van der Waals surface area contributed by atoms with Crippen molar-refractivity contribution in [3.05, 3.63) is 21.9 Å². The molecule has 0 radical (unpaired) electrons. The van der Waals surface area contributed by atoms with Gasteiger partial charge in [-0.15, -0.1) is 11.3 Å². The molecule has 118 valence electrons. The molecule has 0 fully saturated rings. The van der Waals surface area contributed by atoms with E-state index in [0.29, 0.717) is 6.42 Å². The average molecular weight is 375 g/mol. The lowest BCUT2D eigenvalue weighted by Crippen LogP contribution is -2.02. The molecule has 0 aromatic carbocycles. The van der Waals surface area contributed by atoms with E-state index >= 15 is 0 Å². The van der Waals surface area contributed by atoms with Gasteiger partial charge in [-0.1, -0.05) is 41.6 Å². The van der Waals surface area contributed by atoms with E-state index in [0.717, 1.165) is 27.9 Å². The number of hydrogen-bond acceptors (Lipinski definition) is 4. The average Bonchev–Trinajstić information content (AvgIpc) is 2.94. The van der Waals surface area contributed by atoms with Crippen molar-refractivity contribution >= 4 is 39.0 Å². The third kappa shape index (κ3) is 7.77. The second kappa shape index (κ2) is 11.0. The summed E-state index contributed by atoms with van der Waals surface area (Å²) in [7, 11) is 1.37. The lowest BCUT2D eigenvalue weighted by molar-refractivity contribution is -0.139. The Morgan fingerprint density at radius 2 is 1.76 bits per heavy atom. The van der Waals surface area contributed by atoms with Gasteiger partial charge in [0, 0.05) is 16.6 Å². The van der Waals surface area contributed by atoms with Crippen LogP contribution in [0.2, 0.25) is 0 Å². The standard InChI is InChI=1S/C16H23BrO3S/c1-20-16(19)12-13-9-10-15(21-13)14(18)8-6-4-2-3-5-7-11-17/h9-10H,2-8,11-12H2,1H3. The van der Waals surface area contributed by atoms with Crippen molar-refractivity contribution in [2.24, 2.45) is 0 Å². The molecule has 21 heavy (non-hydrogen) atoms. The number of alkyl halides is 1. The first-order chi connectivity index (χ1) is 10.2. The van der Waals surface area contributed by atoms with E-state index in [1.54, 1.807) is 0 Å². The van der Waals surface area contributed by atoms with Crippen LogP contribution < -0.4 is 0 Å². The SMILES string of the molecule is COC(=O)Cc1ccc(C(=O)CCCCCCCCBr)s1. The molecule has 0 aliphatic rings. The van der Waals surface area contributed by atoms with Crippen LogP contribution in [-0.2, 0) is 16.0 Å². The number of carbonyl (C=O) groups is 2. The van der Waals surface area contributed by atoms with Gasteiger partial charge in [-0.3, -0.25) is 9.59 Å². The Morgan fingerprint density at radius 1 is 1.10 bits per heavy atom. The molecule has 0 spiro atoms. The molecule has 1 aromatic heterocycles. The van der Waals surface area contributed by atoms with Crippen molar-refractivity contribution in [1.29, 1.82) is 0 Å². The summed E-state index contributed by atoms with van der Waals surface area (Å²) < 4.78 is 4.62. The zero-order chi connectivity index (χ0) is 15.5. The van der Waals surface area contributed by atoms with Crippen LogP contribution in [0.25, 0.3) is 0 Å². The Bertz CT molecular complexity index is 442. The molecule has 5 heteroatoms. The highest BCUT2D eigenvalue weighted by molar-refractivity contribution is 9.09. The Labute approximate surface area is 139 Å². The summed E-state index contributed by atoms with van der Waals surface area (Å²) in [5.74, 6) is -0.0732. The van der Waals surface area contributed by atoms with Gasteiger partial charge < -0.3 is 4.74 Å². The van der Waals surface area contributed by atoms with E-state index < -0.39 is 0 Å². The summed E-state index contributed by atoms with van der Waals surface area (Å²) in [6.07, 6.45) is 7.89. The van der Waals surface area contributed by atoms with Crippen molar-refractivity contribution < 1.29 is 14.3 Å². The van der Waals surface area contributed by atoms with Gasteiger partial charge in [0.2, 0.25) is 0 Å². The molecule has 0 amide bonds. The number of halogens is 1. The van der Waals surface area contributed by atoms with Crippen LogP contribution in [0.15, 0.2) is 12.1 Å². The molecule has 0 aliphatic heterocycles. The number of ketones is 1. The van der Waals surface area contributed by atoms with Crippen LogP contribution in [0.1, 0.15) is 59.5 Å². The van der Waals surface area contributed by atoms with E-state index in [1.165, 1.54) is 44.1 Å². The molecule has 0 unspecified atom stereocenters. The Morgan fingerprint density at radius 3 is 2.43 bits per heavy atom. The minimum absolute atomic E-state index is 0.191. The van der Waals surface area contributed by atoms with Crippen molar-refractivity contribution in [2.75, 3.05) is 12.4 Å². The van der Waals surface area contributed by atoms with Gasteiger partial charge in [0.25, 0.3) is 0 Å². The maximum atomic E-state index is 12.0. The van der Waals surface area contributed by atoms with Crippen LogP contribution in [0.5, 0.6) is 0 Å². The van der Waals surface area contributed by atoms with Gasteiger partial charge in [-0.2, -0.15) is 0 Å². The Balaban J connectivity index is 2.21. The first-order valence-corrected chi connectivity index (χ1v) is 9.36. The molecular weight excluding hydrogens is 352 g/mol. The molecule has 0 saturated heterocycles. The fourth-order valence-corrected chi connectivity index (χ4v) is 3.40. The fraction of sp³-hybridized carbons (Fsp3) is 0.625. The summed E-state index contributed by atoms with van der Waals surface area (Å²) in [4.78, 5) is 24.9. The number of esters is 1. The second-order valence-corrected chi connectivity index (χ2v) is 6.96. The Hall–Kier alpha value is -0.680. The maximum Gasteiger partial charge on any atom is 0.310 e. The number of hydrogen-bond donors (Lipinski definition) is 0. The van der Waals surface area contributed by atoms with Crippen molar-refractivity contribution in [3.8, 4) is 0 Å². The van der Waals surface area contributed by atoms with Crippen LogP contribution in [0, 0.1) is 0 Å². The third-order valence-corrected chi connectivity index (χ3v) is 4.96. The van der Waals surface area contributed by atoms with Gasteiger partial charge in [0.1, 0.15) is 0 Å². The molecule has 1 heterocycles. The van der Waals surface area contributed by atoms with Gasteiger partial charge in [-0.05, 0) is 25.0 Å².